The van der Waals surface area contributed by atoms with Crippen LogP contribution in [0.2, 0.25) is 0 Å². The summed E-state index contributed by atoms with van der Waals surface area (Å²) in [7, 11) is 1.66. The van der Waals surface area contributed by atoms with Gasteiger partial charge in [-0.05, 0) is 18.9 Å². The van der Waals surface area contributed by atoms with Crippen molar-refractivity contribution >= 4 is 11.8 Å². The molecule has 2 amide bonds. The molecular formula is C18H27N3O3. The van der Waals surface area contributed by atoms with Crippen molar-refractivity contribution in [3.8, 4) is 0 Å². The molecule has 0 bridgehead atoms. The van der Waals surface area contributed by atoms with Gasteiger partial charge in [-0.25, -0.2) is 0 Å². The topological polar surface area (TPSA) is 84.7 Å². The Hall–Kier alpha value is -1.92. The molecule has 0 saturated carbocycles. The molecule has 6 nitrogen and oxygen atoms in total. The molecule has 0 spiro atoms. The number of nitrogens with two attached hydrogens (primary N) is 1. The average molecular weight is 333 g/mol. The first-order valence-electron chi connectivity index (χ1n) is 8.33. The minimum atomic E-state index is -0.326. The van der Waals surface area contributed by atoms with Gasteiger partial charge in [-0.2, -0.15) is 0 Å². The molecule has 1 heterocycles. The van der Waals surface area contributed by atoms with Crippen LogP contribution in [0.5, 0.6) is 0 Å². The molecule has 24 heavy (non-hydrogen) atoms. The van der Waals surface area contributed by atoms with Crippen LogP contribution in [-0.4, -0.2) is 49.6 Å². The minimum Gasteiger partial charge on any atom is -0.381 e. The van der Waals surface area contributed by atoms with Crippen LogP contribution in [0.15, 0.2) is 24.3 Å². The highest BCUT2D eigenvalue weighted by atomic mass is 16.5. The number of amides is 2. The van der Waals surface area contributed by atoms with E-state index in [1.165, 1.54) is 5.56 Å². The van der Waals surface area contributed by atoms with Crippen molar-refractivity contribution in [1.29, 1.82) is 0 Å². The molecule has 1 aromatic carbocycles. The fourth-order valence-corrected chi connectivity index (χ4v) is 3.16. The second-order valence-corrected chi connectivity index (χ2v) is 6.49. The number of methoxy groups -OCH3 is 1. The fraction of sp³-hybridized carbons (Fsp3) is 0.556. The summed E-state index contributed by atoms with van der Waals surface area (Å²) in [5, 5.41) is 2.94. The summed E-state index contributed by atoms with van der Waals surface area (Å²) >= 11 is 0. The van der Waals surface area contributed by atoms with Gasteiger partial charge in [-0.3, -0.25) is 14.5 Å². The summed E-state index contributed by atoms with van der Waals surface area (Å²) in [6.07, 6.45) is 1.13. The monoisotopic (exact) mass is 333 g/mol. The molecule has 2 atom stereocenters. The van der Waals surface area contributed by atoms with E-state index >= 15 is 0 Å². The van der Waals surface area contributed by atoms with Crippen LogP contribution in [0.1, 0.15) is 24.0 Å². The smallest absolute Gasteiger partial charge is 0.234 e. The predicted molar refractivity (Wildman–Crippen MR) is 92.2 cm³/mol. The number of aryl methyl sites for hydroxylation is 1. The van der Waals surface area contributed by atoms with Gasteiger partial charge in [-0.1, -0.05) is 29.8 Å². The van der Waals surface area contributed by atoms with E-state index in [0.717, 1.165) is 18.5 Å². The zero-order valence-electron chi connectivity index (χ0n) is 14.5. The Morgan fingerprint density at radius 1 is 1.33 bits per heavy atom. The molecule has 0 radical (unpaired) electrons. The lowest BCUT2D eigenvalue weighted by Gasteiger charge is -2.37. The van der Waals surface area contributed by atoms with E-state index < -0.39 is 0 Å². The molecule has 1 aliphatic rings. The summed E-state index contributed by atoms with van der Waals surface area (Å²) in [5.41, 5.74) is 7.60. The number of nitrogens with one attached hydrogen (secondary N) is 1. The van der Waals surface area contributed by atoms with Crippen LogP contribution < -0.4 is 11.1 Å². The van der Waals surface area contributed by atoms with Crippen LogP contribution in [0.25, 0.3) is 0 Å². The number of carbonyl (C=O) groups is 2. The van der Waals surface area contributed by atoms with E-state index in [4.69, 9.17) is 10.5 Å². The van der Waals surface area contributed by atoms with E-state index in [1.807, 2.05) is 31.2 Å². The molecule has 1 aliphatic heterocycles. The maximum atomic E-state index is 12.2. The Balaban J connectivity index is 1.80. The first-order valence-corrected chi connectivity index (χ1v) is 8.33. The Morgan fingerprint density at radius 2 is 2.04 bits per heavy atom. The highest BCUT2D eigenvalue weighted by Gasteiger charge is 2.31. The second-order valence-electron chi connectivity index (χ2n) is 6.49. The molecule has 132 valence electrons. The molecule has 0 aromatic heterocycles. The van der Waals surface area contributed by atoms with Gasteiger partial charge in [0.15, 0.2) is 0 Å². The molecule has 1 fully saturated rings. The van der Waals surface area contributed by atoms with Crippen molar-refractivity contribution < 1.29 is 14.3 Å². The molecule has 1 saturated heterocycles. The van der Waals surface area contributed by atoms with Crippen LogP contribution in [0, 0.1) is 12.8 Å². The van der Waals surface area contributed by atoms with Gasteiger partial charge in [-0.15, -0.1) is 0 Å². The number of likely N-dealkylation sites (tertiary alicyclic amines) is 1. The third-order valence-corrected chi connectivity index (χ3v) is 4.49. The van der Waals surface area contributed by atoms with Crippen molar-refractivity contribution in [2.24, 2.45) is 11.7 Å². The summed E-state index contributed by atoms with van der Waals surface area (Å²) < 4.78 is 5.44. The van der Waals surface area contributed by atoms with Gasteiger partial charge in [0.25, 0.3) is 0 Å². The number of benzene rings is 1. The minimum absolute atomic E-state index is 0.00994. The van der Waals surface area contributed by atoms with Gasteiger partial charge >= 0.3 is 0 Å². The van der Waals surface area contributed by atoms with E-state index in [-0.39, 0.29) is 23.8 Å². The van der Waals surface area contributed by atoms with Crippen molar-refractivity contribution in [2.75, 3.05) is 26.7 Å². The molecule has 0 unspecified atom stereocenters. The lowest BCUT2D eigenvalue weighted by molar-refractivity contribution is -0.124. The maximum Gasteiger partial charge on any atom is 0.234 e. The van der Waals surface area contributed by atoms with Crippen LogP contribution in [0.4, 0.5) is 0 Å². The second kappa shape index (κ2) is 8.80. The van der Waals surface area contributed by atoms with Crippen molar-refractivity contribution in [3.05, 3.63) is 35.4 Å². The highest BCUT2D eigenvalue weighted by molar-refractivity contribution is 5.78. The van der Waals surface area contributed by atoms with Crippen LogP contribution in [0.3, 0.4) is 0 Å². The zero-order chi connectivity index (χ0) is 17.5. The largest absolute Gasteiger partial charge is 0.381 e. The predicted octanol–water partition coefficient (Wildman–Crippen LogP) is 0.824. The lowest BCUT2D eigenvalue weighted by Crippen LogP contribution is -2.48. The third-order valence-electron chi connectivity index (χ3n) is 4.49. The third kappa shape index (κ3) is 5.62. The Morgan fingerprint density at radius 3 is 2.67 bits per heavy atom. The average Bonchev–Trinajstić information content (AvgIpc) is 2.54. The number of nitrogens with zero attached hydrogens (tertiary/aromatic N) is 1. The summed E-state index contributed by atoms with van der Waals surface area (Å²) in [4.78, 5) is 25.4. The van der Waals surface area contributed by atoms with Crippen molar-refractivity contribution in [3.63, 3.8) is 0 Å². The van der Waals surface area contributed by atoms with E-state index in [9.17, 15) is 9.59 Å². The highest BCUT2D eigenvalue weighted by Crippen LogP contribution is 2.22. The van der Waals surface area contributed by atoms with Gasteiger partial charge < -0.3 is 15.8 Å². The van der Waals surface area contributed by atoms with Crippen molar-refractivity contribution in [2.45, 2.75) is 32.4 Å². The fourth-order valence-electron chi connectivity index (χ4n) is 3.16. The first kappa shape index (κ1) is 18.4. The number of ether oxygens (including phenoxy) is 1. The van der Waals surface area contributed by atoms with E-state index in [0.29, 0.717) is 26.1 Å². The SMILES string of the molecule is CO[C@@H]1CCN(CC(=O)NCc2ccc(C)cc2)C[C@H]1CC(N)=O. The number of carbonyl (C=O) groups excluding carboxylic acids is 2. The summed E-state index contributed by atoms with van der Waals surface area (Å²) in [5.74, 6) is -0.289. The quantitative estimate of drug-likeness (QED) is 0.774. The molecule has 6 heteroatoms. The van der Waals surface area contributed by atoms with E-state index in [2.05, 4.69) is 10.2 Å². The van der Waals surface area contributed by atoms with Crippen LogP contribution >= 0.6 is 0 Å². The Bertz CT molecular complexity index is 559. The molecule has 0 aliphatic carbocycles. The first-order chi connectivity index (χ1) is 11.5. The number of piperidine rings is 1. The number of hydrogen-bond acceptors (Lipinski definition) is 4. The molecule has 1 aromatic rings. The number of rotatable bonds is 7. The maximum absolute atomic E-state index is 12.2. The normalized spacial score (nSPS) is 21.4. The molecule has 3 N–H and O–H groups in total. The van der Waals surface area contributed by atoms with Gasteiger partial charge in [0.05, 0.1) is 12.6 Å². The van der Waals surface area contributed by atoms with Gasteiger partial charge in [0, 0.05) is 39.1 Å². The Labute approximate surface area is 143 Å². The lowest BCUT2D eigenvalue weighted by atomic mass is 9.91. The molecular weight excluding hydrogens is 306 g/mol. The number of hydrogen-bond donors (Lipinski definition) is 2. The molecule has 2 rings (SSSR count). The van der Waals surface area contributed by atoms with Crippen molar-refractivity contribution in [1.82, 2.24) is 10.2 Å². The Kier molecular flexibility index (Phi) is 6.75. The summed E-state index contributed by atoms with van der Waals surface area (Å²) in [6, 6.07) is 8.10. The van der Waals surface area contributed by atoms with E-state index in [1.54, 1.807) is 7.11 Å². The van der Waals surface area contributed by atoms with Gasteiger partial charge in [0.2, 0.25) is 11.8 Å². The number of primary amides is 1. The standard InChI is InChI=1S/C18H27N3O3/c1-13-3-5-14(6-4-13)10-20-18(23)12-21-8-7-16(24-2)15(11-21)9-17(19)22/h3-6,15-16H,7-12H2,1-2H3,(H2,19,22)(H,20,23)/t15-,16-/m1/s1. The van der Waals surface area contributed by atoms with Crippen LogP contribution in [-0.2, 0) is 20.9 Å². The zero-order valence-corrected chi connectivity index (χ0v) is 14.5. The van der Waals surface area contributed by atoms with Gasteiger partial charge in [0.1, 0.15) is 0 Å². The summed E-state index contributed by atoms with van der Waals surface area (Å²) in [6.45, 7) is 4.33.